The van der Waals surface area contributed by atoms with Crippen LogP contribution in [-0.2, 0) is 6.42 Å². The Morgan fingerprint density at radius 1 is 1.20 bits per heavy atom. The fourth-order valence-electron chi connectivity index (χ4n) is 2.82. The van der Waals surface area contributed by atoms with Gasteiger partial charge in [0.05, 0.1) is 0 Å². The summed E-state index contributed by atoms with van der Waals surface area (Å²) in [6, 6.07) is 0.483. The van der Waals surface area contributed by atoms with Crippen LogP contribution in [-0.4, -0.2) is 47.1 Å². The van der Waals surface area contributed by atoms with E-state index in [2.05, 4.69) is 54.4 Å². The molecular weight excluding hydrogens is 248 g/mol. The van der Waals surface area contributed by atoms with E-state index in [1.807, 2.05) is 12.4 Å². The number of nitrogens with zero attached hydrogens (tertiary/aromatic N) is 4. The lowest BCUT2D eigenvalue weighted by molar-refractivity contribution is 0.238. The molecule has 2 rings (SSSR count). The van der Waals surface area contributed by atoms with Crippen LogP contribution in [0.5, 0.6) is 0 Å². The van der Waals surface area contributed by atoms with Gasteiger partial charge in [-0.2, -0.15) is 0 Å². The van der Waals surface area contributed by atoms with Crippen molar-refractivity contribution in [3.05, 3.63) is 18.0 Å². The number of likely N-dealkylation sites (N-methyl/N-ethyl adjacent to an activating group) is 1. The van der Waals surface area contributed by atoms with E-state index in [-0.39, 0.29) is 5.41 Å². The number of aromatic nitrogens is 2. The molecule has 0 saturated carbocycles. The highest BCUT2D eigenvalue weighted by molar-refractivity contribution is 5.32. The number of hydrogen-bond donors (Lipinski definition) is 0. The van der Waals surface area contributed by atoms with Gasteiger partial charge in [-0.05, 0) is 30.9 Å². The largest absolute Gasteiger partial charge is 0.336 e. The predicted molar refractivity (Wildman–Crippen MR) is 84.1 cm³/mol. The van der Waals surface area contributed by atoms with Gasteiger partial charge in [-0.3, -0.25) is 4.90 Å². The average molecular weight is 276 g/mol. The highest BCUT2D eigenvalue weighted by Crippen LogP contribution is 2.21. The van der Waals surface area contributed by atoms with Gasteiger partial charge in [0.1, 0.15) is 0 Å². The van der Waals surface area contributed by atoms with Crippen LogP contribution in [0.15, 0.2) is 12.4 Å². The van der Waals surface area contributed by atoms with Crippen LogP contribution >= 0.6 is 0 Å². The molecular formula is C16H28N4. The van der Waals surface area contributed by atoms with E-state index in [1.54, 1.807) is 0 Å². The first kappa shape index (κ1) is 15.2. The monoisotopic (exact) mass is 276 g/mol. The Balaban J connectivity index is 2.03. The van der Waals surface area contributed by atoms with Crippen LogP contribution in [0.1, 0.15) is 40.2 Å². The van der Waals surface area contributed by atoms with Crippen molar-refractivity contribution in [2.24, 2.45) is 5.41 Å². The number of hydrogen-bond acceptors (Lipinski definition) is 4. The first-order valence-electron chi connectivity index (χ1n) is 7.69. The molecule has 0 aromatic carbocycles. The van der Waals surface area contributed by atoms with Crippen molar-refractivity contribution >= 4 is 5.95 Å². The molecule has 1 unspecified atom stereocenters. The standard InChI is InChI=1S/C16H28N4/c1-6-19-7-8-20(13(2)12-19)15-17-10-14(11-18-15)9-16(3,4)5/h10-11,13H,6-9,12H2,1-5H3. The SMILES string of the molecule is CCN1CCN(c2ncc(CC(C)(C)C)cn2)C(C)C1. The van der Waals surface area contributed by atoms with Crippen LogP contribution in [0, 0.1) is 5.41 Å². The lowest BCUT2D eigenvalue weighted by atomic mass is 9.89. The van der Waals surface area contributed by atoms with E-state index in [0.717, 1.165) is 38.5 Å². The second-order valence-electron chi connectivity index (χ2n) is 7.06. The minimum absolute atomic E-state index is 0.283. The van der Waals surface area contributed by atoms with Crippen molar-refractivity contribution in [2.45, 2.75) is 47.1 Å². The summed E-state index contributed by atoms with van der Waals surface area (Å²) < 4.78 is 0. The summed E-state index contributed by atoms with van der Waals surface area (Å²) >= 11 is 0. The fraction of sp³-hybridized carbons (Fsp3) is 0.750. The van der Waals surface area contributed by atoms with Crippen molar-refractivity contribution in [3.63, 3.8) is 0 Å². The Bertz CT molecular complexity index is 421. The molecule has 2 heterocycles. The fourth-order valence-corrected chi connectivity index (χ4v) is 2.82. The summed E-state index contributed by atoms with van der Waals surface area (Å²) in [7, 11) is 0. The van der Waals surface area contributed by atoms with E-state index < -0.39 is 0 Å². The first-order chi connectivity index (χ1) is 9.39. The van der Waals surface area contributed by atoms with Crippen molar-refractivity contribution in [1.82, 2.24) is 14.9 Å². The van der Waals surface area contributed by atoms with E-state index in [9.17, 15) is 0 Å². The second kappa shape index (κ2) is 6.08. The van der Waals surface area contributed by atoms with Gasteiger partial charge in [-0.1, -0.05) is 27.7 Å². The Morgan fingerprint density at radius 3 is 2.35 bits per heavy atom. The molecule has 1 fully saturated rings. The second-order valence-corrected chi connectivity index (χ2v) is 7.06. The summed E-state index contributed by atoms with van der Waals surface area (Å²) in [4.78, 5) is 14.0. The Labute approximate surface area is 123 Å². The maximum Gasteiger partial charge on any atom is 0.225 e. The Kier molecular flexibility index (Phi) is 4.63. The molecule has 20 heavy (non-hydrogen) atoms. The summed E-state index contributed by atoms with van der Waals surface area (Å²) in [5.74, 6) is 0.880. The molecule has 0 bridgehead atoms. The first-order valence-corrected chi connectivity index (χ1v) is 7.69. The molecule has 4 heteroatoms. The third-order valence-electron chi connectivity index (χ3n) is 3.84. The van der Waals surface area contributed by atoms with Crippen molar-refractivity contribution in [3.8, 4) is 0 Å². The third-order valence-corrected chi connectivity index (χ3v) is 3.84. The molecule has 1 aromatic heterocycles. The maximum atomic E-state index is 4.58. The highest BCUT2D eigenvalue weighted by atomic mass is 15.3. The van der Waals surface area contributed by atoms with Gasteiger partial charge in [0, 0.05) is 38.1 Å². The zero-order chi connectivity index (χ0) is 14.8. The number of anilines is 1. The lowest BCUT2D eigenvalue weighted by Crippen LogP contribution is -2.52. The minimum atomic E-state index is 0.283. The van der Waals surface area contributed by atoms with Gasteiger partial charge in [0.2, 0.25) is 5.95 Å². The molecule has 0 N–H and O–H groups in total. The molecule has 1 aliphatic rings. The van der Waals surface area contributed by atoms with Crippen LogP contribution < -0.4 is 4.90 Å². The number of rotatable bonds is 3. The maximum absolute atomic E-state index is 4.58. The van der Waals surface area contributed by atoms with Gasteiger partial charge in [-0.15, -0.1) is 0 Å². The highest BCUT2D eigenvalue weighted by Gasteiger charge is 2.24. The van der Waals surface area contributed by atoms with Gasteiger partial charge >= 0.3 is 0 Å². The smallest absolute Gasteiger partial charge is 0.225 e. The van der Waals surface area contributed by atoms with Crippen molar-refractivity contribution in [1.29, 1.82) is 0 Å². The topological polar surface area (TPSA) is 32.3 Å². The van der Waals surface area contributed by atoms with E-state index in [4.69, 9.17) is 0 Å². The molecule has 0 radical (unpaired) electrons. The molecule has 1 aliphatic heterocycles. The Hall–Kier alpha value is -1.16. The Morgan fingerprint density at radius 2 is 1.85 bits per heavy atom. The van der Waals surface area contributed by atoms with Gasteiger partial charge < -0.3 is 4.90 Å². The van der Waals surface area contributed by atoms with E-state index in [0.29, 0.717) is 6.04 Å². The summed E-state index contributed by atoms with van der Waals surface area (Å²) in [5.41, 5.74) is 1.51. The van der Waals surface area contributed by atoms with Crippen LogP contribution in [0.3, 0.4) is 0 Å². The molecule has 1 aromatic rings. The minimum Gasteiger partial charge on any atom is -0.336 e. The van der Waals surface area contributed by atoms with Crippen molar-refractivity contribution < 1.29 is 0 Å². The molecule has 1 atom stereocenters. The van der Waals surface area contributed by atoms with Crippen molar-refractivity contribution in [2.75, 3.05) is 31.1 Å². The molecule has 0 aliphatic carbocycles. The van der Waals surface area contributed by atoms with Gasteiger partial charge in [-0.25, -0.2) is 9.97 Å². The summed E-state index contributed by atoms with van der Waals surface area (Å²) in [5, 5.41) is 0. The summed E-state index contributed by atoms with van der Waals surface area (Å²) in [6.45, 7) is 15.6. The van der Waals surface area contributed by atoms with E-state index >= 15 is 0 Å². The van der Waals surface area contributed by atoms with Crippen LogP contribution in [0.2, 0.25) is 0 Å². The molecule has 112 valence electrons. The van der Waals surface area contributed by atoms with Gasteiger partial charge in [0.25, 0.3) is 0 Å². The summed E-state index contributed by atoms with van der Waals surface area (Å²) in [6.07, 6.45) is 5.01. The molecule has 0 amide bonds. The van der Waals surface area contributed by atoms with E-state index in [1.165, 1.54) is 5.56 Å². The van der Waals surface area contributed by atoms with Gasteiger partial charge in [0.15, 0.2) is 0 Å². The third kappa shape index (κ3) is 3.92. The zero-order valence-corrected chi connectivity index (χ0v) is 13.6. The predicted octanol–water partition coefficient (Wildman–Crippen LogP) is 2.60. The average Bonchev–Trinajstić information content (AvgIpc) is 2.38. The lowest BCUT2D eigenvalue weighted by Gasteiger charge is -2.39. The quantitative estimate of drug-likeness (QED) is 0.849. The zero-order valence-electron chi connectivity index (χ0n) is 13.6. The van der Waals surface area contributed by atoms with Crippen LogP contribution in [0.4, 0.5) is 5.95 Å². The molecule has 1 saturated heterocycles. The van der Waals surface area contributed by atoms with Crippen LogP contribution in [0.25, 0.3) is 0 Å². The molecule has 0 spiro atoms. The molecule has 4 nitrogen and oxygen atoms in total. The number of piperazine rings is 1. The normalized spacial score (nSPS) is 21.2.